The normalized spacial score (nSPS) is 12.6. The molecule has 2 heteroatoms. The lowest BCUT2D eigenvalue weighted by atomic mass is 9.87. The third kappa shape index (κ3) is 4.27. The van der Waals surface area contributed by atoms with Crippen molar-refractivity contribution in [3.05, 3.63) is 23.8 Å². The van der Waals surface area contributed by atoms with Crippen LogP contribution in [0.15, 0.2) is 23.1 Å². The Hall–Kier alpha value is -0.630. The Morgan fingerprint density at radius 2 is 1.59 bits per heavy atom. The molecule has 0 unspecified atom stereocenters. The highest BCUT2D eigenvalue weighted by Gasteiger charge is 2.19. The first-order valence-electron chi connectivity index (χ1n) is 6.01. The van der Waals surface area contributed by atoms with Crippen LogP contribution < -0.4 is 4.74 Å². The molecule has 0 aliphatic carbocycles. The van der Waals surface area contributed by atoms with Gasteiger partial charge < -0.3 is 4.74 Å². The summed E-state index contributed by atoms with van der Waals surface area (Å²) in [5, 5.41) is 0. The van der Waals surface area contributed by atoms with E-state index in [0.29, 0.717) is 0 Å². The van der Waals surface area contributed by atoms with Gasteiger partial charge in [0, 0.05) is 9.64 Å². The predicted molar refractivity (Wildman–Crippen MR) is 77.3 cm³/mol. The van der Waals surface area contributed by atoms with E-state index in [1.807, 2.05) is 11.8 Å². The highest BCUT2D eigenvalue weighted by atomic mass is 32.2. The van der Waals surface area contributed by atoms with Crippen LogP contribution in [-0.4, -0.2) is 11.9 Å². The molecule has 0 N–H and O–H groups in total. The molecule has 1 nitrogen and oxygen atoms in total. The van der Waals surface area contributed by atoms with Gasteiger partial charge in [-0.15, -0.1) is 11.8 Å². The molecule has 0 aliphatic heterocycles. The first-order chi connectivity index (χ1) is 7.63. The van der Waals surface area contributed by atoms with Gasteiger partial charge in [-0.25, -0.2) is 0 Å². The van der Waals surface area contributed by atoms with Crippen LogP contribution in [0.2, 0.25) is 0 Å². The zero-order valence-corrected chi connectivity index (χ0v) is 12.9. The highest BCUT2D eigenvalue weighted by Crippen LogP contribution is 2.39. The van der Waals surface area contributed by atoms with Crippen molar-refractivity contribution in [2.24, 2.45) is 0 Å². The van der Waals surface area contributed by atoms with Gasteiger partial charge in [0.15, 0.2) is 0 Å². The minimum Gasteiger partial charge on any atom is -0.496 e. The molecular weight excluding hydrogens is 228 g/mol. The summed E-state index contributed by atoms with van der Waals surface area (Å²) in [7, 11) is 1.74. The third-order valence-corrected chi connectivity index (χ3v) is 3.62. The zero-order chi connectivity index (χ0) is 13.3. The van der Waals surface area contributed by atoms with Crippen LogP contribution in [0.3, 0.4) is 0 Å². The van der Waals surface area contributed by atoms with E-state index in [0.717, 1.165) is 5.75 Å². The lowest BCUT2D eigenvalue weighted by Crippen LogP contribution is -2.12. The van der Waals surface area contributed by atoms with Crippen LogP contribution >= 0.6 is 11.8 Å². The molecule has 0 saturated carbocycles. The van der Waals surface area contributed by atoms with Gasteiger partial charge >= 0.3 is 0 Å². The zero-order valence-electron chi connectivity index (χ0n) is 12.0. The van der Waals surface area contributed by atoms with Crippen molar-refractivity contribution in [2.45, 2.75) is 56.6 Å². The molecule has 0 radical (unpaired) electrons. The van der Waals surface area contributed by atoms with Crippen LogP contribution in [0.1, 0.15) is 47.1 Å². The predicted octanol–water partition coefficient (Wildman–Crippen LogP) is 4.88. The quantitative estimate of drug-likeness (QED) is 0.694. The number of thioether (sulfide) groups is 1. The summed E-state index contributed by atoms with van der Waals surface area (Å²) in [5.41, 5.74) is 1.48. The van der Waals surface area contributed by atoms with Gasteiger partial charge in [0.2, 0.25) is 0 Å². The number of rotatable bonds is 2. The van der Waals surface area contributed by atoms with Crippen molar-refractivity contribution >= 4 is 11.8 Å². The molecule has 1 rings (SSSR count). The second-order valence-corrected chi connectivity index (χ2v) is 8.20. The monoisotopic (exact) mass is 252 g/mol. The molecular formula is C15H24OS. The van der Waals surface area contributed by atoms with E-state index < -0.39 is 0 Å². The molecule has 0 bridgehead atoms. The fourth-order valence-electron chi connectivity index (χ4n) is 1.55. The molecule has 0 spiro atoms. The van der Waals surface area contributed by atoms with Crippen molar-refractivity contribution < 1.29 is 4.74 Å². The van der Waals surface area contributed by atoms with Gasteiger partial charge in [-0.2, -0.15) is 0 Å². The lowest BCUT2D eigenvalue weighted by Gasteiger charge is -2.23. The Morgan fingerprint density at radius 3 is 2.00 bits per heavy atom. The first-order valence-corrected chi connectivity index (χ1v) is 6.83. The van der Waals surface area contributed by atoms with Gasteiger partial charge in [0.05, 0.1) is 7.11 Å². The SMILES string of the molecule is COc1cc(C(C)(C)C)ccc1SC(C)(C)C. The van der Waals surface area contributed by atoms with E-state index in [1.54, 1.807) is 7.11 Å². The van der Waals surface area contributed by atoms with Crippen LogP contribution in [0, 0.1) is 0 Å². The van der Waals surface area contributed by atoms with Gasteiger partial charge in [0.1, 0.15) is 5.75 Å². The maximum absolute atomic E-state index is 5.51. The van der Waals surface area contributed by atoms with Gasteiger partial charge in [-0.1, -0.05) is 47.6 Å². The first kappa shape index (κ1) is 14.4. The summed E-state index contributed by atoms with van der Waals surface area (Å²) < 4.78 is 5.71. The molecule has 0 saturated heterocycles. The average Bonchev–Trinajstić information content (AvgIpc) is 2.14. The fraction of sp³-hybridized carbons (Fsp3) is 0.600. The summed E-state index contributed by atoms with van der Waals surface area (Å²) in [6, 6.07) is 6.54. The van der Waals surface area contributed by atoms with E-state index in [1.165, 1.54) is 10.5 Å². The maximum Gasteiger partial charge on any atom is 0.132 e. The average molecular weight is 252 g/mol. The van der Waals surface area contributed by atoms with Gasteiger partial charge in [0.25, 0.3) is 0 Å². The second kappa shape index (κ2) is 4.93. The van der Waals surface area contributed by atoms with Gasteiger partial charge in [-0.05, 0) is 23.1 Å². The number of hydrogen-bond acceptors (Lipinski definition) is 2. The van der Waals surface area contributed by atoms with E-state index in [-0.39, 0.29) is 10.2 Å². The van der Waals surface area contributed by atoms with Crippen LogP contribution in [0.5, 0.6) is 5.75 Å². The topological polar surface area (TPSA) is 9.23 Å². The van der Waals surface area contributed by atoms with Crippen molar-refractivity contribution in [1.82, 2.24) is 0 Å². The molecule has 1 aromatic carbocycles. The maximum atomic E-state index is 5.51. The Balaban J connectivity index is 3.10. The fourth-order valence-corrected chi connectivity index (χ4v) is 2.59. The minimum absolute atomic E-state index is 0.165. The molecule has 96 valence electrons. The highest BCUT2D eigenvalue weighted by molar-refractivity contribution is 8.00. The Labute approximate surface area is 110 Å². The number of hydrogen-bond donors (Lipinski definition) is 0. The summed E-state index contributed by atoms with van der Waals surface area (Å²) in [5.74, 6) is 0.984. The lowest BCUT2D eigenvalue weighted by molar-refractivity contribution is 0.402. The standard InChI is InChI=1S/C15H24OS/c1-14(2,3)11-8-9-13(12(10-11)16-7)17-15(4,5)6/h8-10H,1-7H3. The van der Waals surface area contributed by atoms with Crippen molar-refractivity contribution in [3.8, 4) is 5.75 Å². The van der Waals surface area contributed by atoms with Crippen molar-refractivity contribution in [2.75, 3.05) is 7.11 Å². The van der Waals surface area contributed by atoms with Crippen molar-refractivity contribution in [1.29, 1.82) is 0 Å². The second-order valence-electron chi connectivity index (χ2n) is 6.33. The molecule has 0 aromatic heterocycles. The van der Waals surface area contributed by atoms with E-state index >= 15 is 0 Å². The third-order valence-electron chi connectivity index (χ3n) is 2.45. The van der Waals surface area contributed by atoms with Gasteiger partial charge in [-0.3, -0.25) is 0 Å². The molecule has 17 heavy (non-hydrogen) atoms. The number of benzene rings is 1. The molecule has 0 atom stereocenters. The minimum atomic E-state index is 0.165. The largest absolute Gasteiger partial charge is 0.496 e. The van der Waals surface area contributed by atoms with Crippen LogP contribution in [-0.2, 0) is 5.41 Å². The summed E-state index contributed by atoms with van der Waals surface area (Å²) in [6.07, 6.45) is 0. The molecule has 0 aliphatic rings. The summed E-state index contributed by atoms with van der Waals surface area (Å²) in [4.78, 5) is 1.22. The van der Waals surface area contributed by atoms with E-state index in [2.05, 4.69) is 59.7 Å². The molecule has 1 aromatic rings. The Kier molecular flexibility index (Phi) is 4.19. The Bertz CT molecular complexity index is 383. The molecule has 0 heterocycles. The smallest absolute Gasteiger partial charge is 0.132 e. The Morgan fingerprint density at radius 1 is 1.00 bits per heavy atom. The van der Waals surface area contributed by atoms with E-state index in [4.69, 9.17) is 4.74 Å². The molecule has 0 amide bonds. The number of ether oxygens (including phenoxy) is 1. The van der Waals surface area contributed by atoms with Crippen LogP contribution in [0.25, 0.3) is 0 Å². The summed E-state index contributed by atoms with van der Waals surface area (Å²) in [6.45, 7) is 13.3. The van der Waals surface area contributed by atoms with E-state index in [9.17, 15) is 0 Å². The van der Waals surface area contributed by atoms with Crippen molar-refractivity contribution in [3.63, 3.8) is 0 Å². The number of methoxy groups -OCH3 is 1. The molecule has 0 fully saturated rings. The summed E-state index contributed by atoms with van der Waals surface area (Å²) >= 11 is 1.85. The van der Waals surface area contributed by atoms with Crippen LogP contribution in [0.4, 0.5) is 0 Å².